The van der Waals surface area contributed by atoms with E-state index < -0.39 is 0 Å². The van der Waals surface area contributed by atoms with E-state index in [2.05, 4.69) is 10.6 Å². The van der Waals surface area contributed by atoms with Crippen molar-refractivity contribution in [2.75, 3.05) is 31.7 Å². The molecule has 2 aliphatic rings. The summed E-state index contributed by atoms with van der Waals surface area (Å²) in [5, 5.41) is 5.68. The molecule has 2 atom stereocenters. The molecule has 2 fully saturated rings. The first-order valence-corrected chi connectivity index (χ1v) is 8.26. The Kier molecular flexibility index (Phi) is 5.20. The van der Waals surface area contributed by atoms with E-state index in [4.69, 9.17) is 9.47 Å². The van der Waals surface area contributed by atoms with Gasteiger partial charge in [-0.25, -0.2) is 4.79 Å². The highest BCUT2D eigenvalue weighted by Crippen LogP contribution is 2.25. The van der Waals surface area contributed by atoms with Crippen molar-refractivity contribution in [3.8, 4) is 5.75 Å². The smallest absolute Gasteiger partial charge is 0.315 e. The monoisotopic (exact) mass is 333 g/mol. The zero-order valence-electron chi connectivity index (χ0n) is 13.8. The second kappa shape index (κ2) is 7.53. The average Bonchev–Trinajstić information content (AvgIpc) is 3.22. The zero-order valence-corrected chi connectivity index (χ0v) is 13.8. The predicted molar refractivity (Wildman–Crippen MR) is 89.3 cm³/mol. The quantitative estimate of drug-likeness (QED) is 0.851. The van der Waals surface area contributed by atoms with Gasteiger partial charge in [0.1, 0.15) is 5.75 Å². The van der Waals surface area contributed by atoms with Crippen molar-refractivity contribution in [1.82, 2.24) is 10.6 Å². The largest absolute Gasteiger partial charge is 0.497 e. The van der Waals surface area contributed by atoms with E-state index in [9.17, 15) is 9.59 Å². The topological polar surface area (TPSA) is 79.9 Å². The molecule has 0 bridgehead atoms. The minimum Gasteiger partial charge on any atom is -0.497 e. The maximum absolute atomic E-state index is 12.2. The normalized spacial score (nSPS) is 23.4. The number of anilines is 1. The molecule has 0 unspecified atom stereocenters. The van der Waals surface area contributed by atoms with Crippen LogP contribution in [0.4, 0.5) is 10.5 Å². The lowest BCUT2D eigenvalue weighted by atomic mass is 10.2. The fraction of sp³-hybridized carbons (Fsp3) is 0.529. The standard InChI is InChI=1S/C17H23N3O4/c1-23-14-5-2-4-13(9-14)20-11-12(8-16(20)21)19-17(22)18-10-15-6-3-7-24-15/h2,4-5,9,12,15H,3,6-8,10-11H2,1H3,(H2,18,19,22)/t12-,15+/m1/s1. The number of carbonyl (C=O) groups is 2. The molecule has 2 saturated heterocycles. The van der Waals surface area contributed by atoms with Crippen LogP contribution in [-0.4, -0.2) is 50.9 Å². The van der Waals surface area contributed by atoms with Gasteiger partial charge in [0, 0.05) is 37.9 Å². The number of ether oxygens (including phenoxy) is 2. The number of nitrogens with zero attached hydrogens (tertiary/aromatic N) is 1. The Balaban J connectivity index is 1.51. The lowest BCUT2D eigenvalue weighted by Gasteiger charge is -2.18. The predicted octanol–water partition coefficient (Wildman–Crippen LogP) is 1.28. The zero-order chi connectivity index (χ0) is 16.9. The second-order valence-corrected chi connectivity index (χ2v) is 6.10. The summed E-state index contributed by atoms with van der Waals surface area (Å²) >= 11 is 0. The number of nitrogens with one attached hydrogen (secondary N) is 2. The number of benzene rings is 1. The Morgan fingerprint density at radius 2 is 2.33 bits per heavy atom. The van der Waals surface area contributed by atoms with Crippen molar-refractivity contribution in [3.05, 3.63) is 24.3 Å². The Bertz CT molecular complexity index is 601. The highest BCUT2D eigenvalue weighted by atomic mass is 16.5. The van der Waals surface area contributed by atoms with Crippen molar-refractivity contribution in [1.29, 1.82) is 0 Å². The van der Waals surface area contributed by atoms with Crippen LogP contribution in [0.25, 0.3) is 0 Å². The fourth-order valence-corrected chi connectivity index (χ4v) is 3.08. The summed E-state index contributed by atoms with van der Waals surface area (Å²) < 4.78 is 10.7. The van der Waals surface area contributed by atoms with Gasteiger partial charge in [-0.2, -0.15) is 0 Å². The van der Waals surface area contributed by atoms with E-state index in [1.807, 2.05) is 24.3 Å². The molecule has 24 heavy (non-hydrogen) atoms. The Morgan fingerprint density at radius 3 is 3.08 bits per heavy atom. The number of urea groups is 1. The van der Waals surface area contributed by atoms with Crippen molar-refractivity contribution in [2.45, 2.75) is 31.4 Å². The first-order chi connectivity index (χ1) is 11.7. The van der Waals surface area contributed by atoms with E-state index in [1.165, 1.54) is 0 Å². The molecule has 2 aliphatic heterocycles. The summed E-state index contributed by atoms with van der Waals surface area (Å²) in [5.41, 5.74) is 0.781. The Morgan fingerprint density at radius 1 is 1.46 bits per heavy atom. The molecule has 0 aromatic heterocycles. The Labute approximate surface area is 141 Å². The van der Waals surface area contributed by atoms with E-state index in [1.54, 1.807) is 12.0 Å². The van der Waals surface area contributed by atoms with Crippen molar-refractivity contribution >= 4 is 17.6 Å². The second-order valence-electron chi connectivity index (χ2n) is 6.10. The van der Waals surface area contributed by atoms with Gasteiger partial charge < -0.3 is 25.0 Å². The van der Waals surface area contributed by atoms with Gasteiger partial charge >= 0.3 is 6.03 Å². The van der Waals surface area contributed by atoms with Gasteiger partial charge in [-0.3, -0.25) is 4.79 Å². The van der Waals surface area contributed by atoms with Crippen molar-refractivity contribution in [3.63, 3.8) is 0 Å². The van der Waals surface area contributed by atoms with Gasteiger partial charge in [0.15, 0.2) is 0 Å². The molecule has 1 aromatic rings. The molecular formula is C17H23N3O4. The first-order valence-electron chi connectivity index (χ1n) is 8.26. The summed E-state index contributed by atoms with van der Waals surface area (Å²) in [6, 6.07) is 6.90. The van der Waals surface area contributed by atoms with Gasteiger partial charge in [0.2, 0.25) is 5.91 Å². The minimum atomic E-state index is -0.254. The molecule has 2 N–H and O–H groups in total. The molecular weight excluding hydrogens is 310 g/mol. The third-order valence-electron chi connectivity index (χ3n) is 4.34. The molecule has 0 spiro atoms. The molecule has 0 saturated carbocycles. The summed E-state index contributed by atoms with van der Waals surface area (Å²) in [4.78, 5) is 25.9. The summed E-state index contributed by atoms with van der Waals surface area (Å²) in [5.74, 6) is 0.693. The van der Waals surface area contributed by atoms with Crippen LogP contribution < -0.4 is 20.3 Å². The van der Waals surface area contributed by atoms with Crippen LogP contribution in [0.2, 0.25) is 0 Å². The van der Waals surface area contributed by atoms with Crippen molar-refractivity contribution < 1.29 is 19.1 Å². The third kappa shape index (κ3) is 3.97. The lowest BCUT2D eigenvalue weighted by molar-refractivity contribution is -0.117. The van der Waals surface area contributed by atoms with Crippen LogP contribution in [0.5, 0.6) is 5.75 Å². The molecule has 7 nitrogen and oxygen atoms in total. The number of hydrogen-bond donors (Lipinski definition) is 2. The van der Waals surface area contributed by atoms with Crippen molar-refractivity contribution in [2.24, 2.45) is 0 Å². The van der Waals surface area contributed by atoms with Crippen LogP contribution in [0, 0.1) is 0 Å². The number of carbonyl (C=O) groups excluding carboxylic acids is 2. The van der Waals surface area contributed by atoms with Gasteiger partial charge in [-0.15, -0.1) is 0 Å². The van der Waals surface area contributed by atoms with Gasteiger partial charge in [-0.1, -0.05) is 6.07 Å². The summed E-state index contributed by atoms with van der Waals surface area (Å²) in [6.07, 6.45) is 2.42. The maximum atomic E-state index is 12.2. The maximum Gasteiger partial charge on any atom is 0.315 e. The van der Waals surface area contributed by atoms with E-state index in [0.717, 1.165) is 25.1 Å². The van der Waals surface area contributed by atoms with E-state index in [0.29, 0.717) is 25.3 Å². The van der Waals surface area contributed by atoms with Crippen LogP contribution in [0.3, 0.4) is 0 Å². The number of methoxy groups -OCH3 is 1. The highest BCUT2D eigenvalue weighted by molar-refractivity contribution is 5.97. The number of hydrogen-bond acceptors (Lipinski definition) is 4. The van der Waals surface area contributed by atoms with Gasteiger partial charge in [0.05, 0.1) is 19.3 Å². The highest BCUT2D eigenvalue weighted by Gasteiger charge is 2.31. The molecule has 0 aliphatic carbocycles. The SMILES string of the molecule is COc1cccc(N2C[C@H](NC(=O)NC[C@@H]3CCCO3)CC2=O)c1. The third-order valence-corrected chi connectivity index (χ3v) is 4.34. The minimum absolute atomic E-state index is 0.00678. The molecule has 1 aromatic carbocycles. The first kappa shape index (κ1) is 16.6. The van der Waals surface area contributed by atoms with Crippen LogP contribution in [0.15, 0.2) is 24.3 Å². The van der Waals surface area contributed by atoms with Crippen LogP contribution in [0.1, 0.15) is 19.3 Å². The molecule has 130 valence electrons. The average molecular weight is 333 g/mol. The molecule has 0 radical (unpaired) electrons. The lowest BCUT2D eigenvalue weighted by Crippen LogP contribution is -2.45. The van der Waals surface area contributed by atoms with Gasteiger partial charge in [0.25, 0.3) is 0 Å². The van der Waals surface area contributed by atoms with Gasteiger partial charge in [-0.05, 0) is 25.0 Å². The number of amides is 3. The number of rotatable bonds is 5. The van der Waals surface area contributed by atoms with E-state index >= 15 is 0 Å². The Hall–Kier alpha value is -2.28. The summed E-state index contributed by atoms with van der Waals surface area (Å²) in [6.45, 7) is 1.73. The fourth-order valence-electron chi connectivity index (χ4n) is 3.08. The molecule has 3 rings (SSSR count). The molecule has 3 amide bonds. The summed E-state index contributed by atoms with van der Waals surface area (Å²) in [7, 11) is 1.59. The van der Waals surface area contributed by atoms with E-state index in [-0.39, 0.29) is 24.1 Å². The molecule has 2 heterocycles. The van der Waals surface area contributed by atoms with Crippen LogP contribution >= 0.6 is 0 Å². The molecule has 7 heteroatoms. The van der Waals surface area contributed by atoms with Crippen LogP contribution in [-0.2, 0) is 9.53 Å².